The quantitative estimate of drug-likeness (QED) is 0.827. The number of tetrazole rings is 1. The molecular formula is C10H13N5O3S. The van der Waals surface area contributed by atoms with Crippen LogP contribution in [-0.2, 0) is 23.7 Å². The molecule has 0 aliphatic heterocycles. The molecule has 19 heavy (non-hydrogen) atoms. The molecule has 1 aromatic carbocycles. The molecule has 0 unspecified atom stereocenters. The van der Waals surface area contributed by atoms with Gasteiger partial charge in [-0.25, -0.2) is 13.6 Å². The molecule has 0 saturated carbocycles. The molecule has 1 aromatic heterocycles. The highest BCUT2D eigenvalue weighted by Crippen LogP contribution is 2.21. The topological polar surface area (TPSA) is 113 Å². The summed E-state index contributed by atoms with van der Waals surface area (Å²) in [6.45, 7) is 1.89. The Kier molecular flexibility index (Phi) is 3.49. The van der Waals surface area contributed by atoms with Crippen LogP contribution in [-0.4, -0.2) is 28.6 Å². The number of nitrogens with two attached hydrogens (primary N) is 1. The maximum atomic E-state index is 11.2. The SMILES string of the molecule is Cc1cc(S(N)(=O)=O)ccc1OCc1nnn(C)n1. The second-order valence-electron chi connectivity index (χ2n) is 3.96. The number of aryl methyl sites for hydroxylation is 2. The minimum Gasteiger partial charge on any atom is -0.485 e. The molecule has 2 rings (SSSR count). The summed E-state index contributed by atoms with van der Waals surface area (Å²) >= 11 is 0. The Morgan fingerprint density at radius 1 is 1.42 bits per heavy atom. The van der Waals surface area contributed by atoms with Crippen LogP contribution in [0.2, 0.25) is 0 Å². The summed E-state index contributed by atoms with van der Waals surface area (Å²) < 4.78 is 27.9. The first-order valence-corrected chi connectivity index (χ1v) is 6.90. The van der Waals surface area contributed by atoms with Crippen molar-refractivity contribution in [3.63, 3.8) is 0 Å². The number of ether oxygens (including phenoxy) is 1. The van der Waals surface area contributed by atoms with Gasteiger partial charge in [-0.05, 0) is 35.9 Å². The van der Waals surface area contributed by atoms with Gasteiger partial charge in [0.2, 0.25) is 15.8 Å². The van der Waals surface area contributed by atoms with Crippen molar-refractivity contribution in [3.05, 3.63) is 29.6 Å². The average Bonchev–Trinajstić information content (AvgIpc) is 2.72. The third-order valence-electron chi connectivity index (χ3n) is 2.38. The van der Waals surface area contributed by atoms with Crippen molar-refractivity contribution < 1.29 is 13.2 Å². The van der Waals surface area contributed by atoms with Gasteiger partial charge in [0.15, 0.2) is 6.61 Å². The van der Waals surface area contributed by atoms with Crippen LogP contribution in [0.25, 0.3) is 0 Å². The number of hydrogen-bond acceptors (Lipinski definition) is 6. The summed E-state index contributed by atoms with van der Waals surface area (Å²) in [6, 6.07) is 4.39. The Bertz CT molecular complexity index is 695. The third-order valence-corrected chi connectivity index (χ3v) is 3.29. The van der Waals surface area contributed by atoms with Crippen molar-refractivity contribution in [3.8, 4) is 5.75 Å². The first-order chi connectivity index (χ1) is 8.86. The molecule has 1 heterocycles. The Labute approximate surface area is 110 Å². The van der Waals surface area contributed by atoms with Gasteiger partial charge in [-0.2, -0.15) is 4.80 Å². The van der Waals surface area contributed by atoms with Gasteiger partial charge in [-0.1, -0.05) is 0 Å². The predicted octanol–water partition coefficient (Wildman–Crippen LogP) is -0.255. The fourth-order valence-electron chi connectivity index (χ4n) is 1.48. The van der Waals surface area contributed by atoms with Gasteiger partial charge in [0.05, 0.1) is 11.9 Å². The van der Waals surface area contributed by atoms with Gasteiger partial charge >= 0.3 is 0 Å². The smallest absolute Gasteiger partial charge is 0.238 e. The van der Waals surface area contributed by atoms with Gasteiger partial charge in [0.1, 0.15) is 5.75 Å². The molecule has 0 saturated heterocycles. The van der Waals surface area contributed by atoms with Gasteiger partial charge in [0.25, 0.3) is 0 Å². The Morgan fingerprint density at radius 2 is 2.16 bits per heavy atom. The van der Waals surface area contributed by atoms with Crippen LogP contribution in [0.5, 0.6) is 5.75 Å². The molecule has 0 bridgehead atoms. The van der Waals surface area contributed by atoms with E-state index in [0.717, 1.165) is 0 Å². The fourth-order valence-corrected chi connectivity index (χ4v) is 2.08. The summed E-state index contributed by atoms with van der Waals surface area (Å²) in [7, 11) is -2.04. The van der Waals surface area contributed by atoms with E-state index in [1.807, 2.05) is 0 Å². The van der Waals surface area contributed by atoms with Crippen LogP contribution in [0.4, 0.5) is 0 Å². The van der Waals surface area contributed by atoms with Crippen molar-refractivity contribution in [2.24, 2.45) is 12.2 Å². The van der Waals surface area contributed by atoms with Crippen LogP contribution in [0.3, 0.4) is 0 Å². The molecule has 0 aliphatic carbocycles. The minimum absolute atomic E-state index is 0.0509. The molecule has 0 atom stereocenters. The average molecular weight is 283 g/mol. The highest BCUT2D eigenvalue weighted by Gasteiger charge is 2.10. The Hall–Kier alpha value is -2.00. The molecule has 0 aliphatic rings. The summed E-state index contributed by atoms with van der Waals surface area (Å²) in [4.78, 5) is 1.38. The van der Waals surface area contributed by atoms with Crippen molar-refractivity contribution in [1.82, 2.24) is 20.2 Å². The number of aromatic nitrogens is 4. The summed E-state index contributed by atoms with van der Waals surface area (Å²) in [5, 5.41) is 16.5. The summed E-state index contributed by atoms with van der Waals surface area (Å²) in [6.07, 6.45) is 0. The van der Waals surface area contributed by atoms with Crippen molar-refractivity contribution >= 4 is 10.0 Å². The zero-order valence-corrected chi connectivity index (χ0v) is 11.3. The second-order valence-corrected chi connectivity index (χ2v) is 5.52. The normalized spacial score (nSPS) is 11.5. The van der Waals surface area contributed by atoms with Crippen LogP contribution >= 0.6 is 0 Å². The number of primary sulfonamides is 1. The van der Waals surface area contributed by atoms with E-state index in [9.17, 15) is 8.42 Å². The molecule has 2 aromatic rings. The standard InChI is InChI=1S/C10H13N5O3S/c1-7-5-8(19(11,16)17)3-4-9(7)18-6-10-12-14-15(2)13-10/h3-5H,6H2,1-2H3,(H2,11,16,17). The molecule has 0 amide bonds. The van der Waals surface area contributed by atoms with E-state index in [1.165, 1.54) is 16.9 Å². The maximum absolute atomic E-state index is 11.2. The molecular weight excluding hydrogens is 270 g/mol. The monoisotopic (exact) mass is 283 g/mol. The first kappa shape index (κ1) is 13.4. The number of benzene rings is 1. The van der Waals surface area contributed by atoms with Crippen LogP contribution < -0.4 is 9.88 Å². The highest BCUT2D eigenvalue weighted by molar-refractivity contribution is 7.89. The van der Waals surface area contributed by atoms with Gasteiger partial charge in [0, 0.05) is 0 Å². The third kappa shape index (κ3) is 3.26. The zero-order chi connectivity index (χ0) is 14.0. The molecule has 102 valence electrons. The minimum atomic E-state index is -3.70. The molecule has 0 spiro atoms. The number of hydrogen-bond donors (Lipinski definition) is 1. The Morgan fingerprint density at radius 3 is 2.68 bits per heavy atom. The van der Waals surface area contributed by atoms with E-state index in [2.05, 4.69) is 15.4 Å². The molecule has 9 heteroatoms. The fraction of sp³-hybridized carbons (Fsp3) is 0.300. The lowest BCUT2D eigenvalue weighted by Crippen LogP contribution is -2.12. The number of sulfonamides is 1. The Balaban J connectivity index is 2.14. The van der Waals surface area contributed by atoms with Crippen LogP contribution in [0, 0.1) is 6.92 Å². The molecule has 2 N–H and O–H groups in total. The lowest BCUT2D eigenvalue weighted by Gasteiger charge is -2.08. The van der Waals surface area contributed by atoms with Crippen LogP contribution in [0.1, 0.15) is 11.4 Å². The van der Waals surface area contributed by atoms with Crippen LogP contribution in [0.15, 0.2) is 23.1 Å². The van der Waals surface area contributed by atoms with Gasteiger partial charge in [-0.3, -0.25) is 0 Å². The molecule has 0 fully saturated rings. The number of nitrogens with zero attached hydrogens (tertiary/aromatic N) is 4. The largest absolute Gasteiger partial charge is 0.485 e. The lowest BCUT2D eigenvalue weighted by atomic mass is 10.2. The van der Waals surface area contributed by atoms with E-state index in [4.69, 9.17) is 9.88 Å². The van der Waals surface area contributed by atoms with Gasteiger partial charge in [-0.15, -0.1) is 10.2 Å². The summed E-state index contributed by atoms with van der Waals surface area (Å²) in [5.41, 5.74) is 0.662. The zero-order valence-electron chi connectivity index (χ0n) is 10.4. The van der Waals surface area contributed by atoms with E-state index >= 15 is 0 Å². The lowest BCUT2D eigenvalue weighted by molar-refractivity contribution is 0.293. The van der Waals surface area contributed by atoms with E-state index in [1.54, 1.807) is 20.0 Å². The van der Waals surface area contributed by atoms with E-state index in [0.29, 0.717) is 17.1 Å². The van der Waals surface area contributed by atoms with Crippen molar-refractivity contribution in [2.45, 2.75) is 18.4 Å². The van der Waals surface area contributed by atoms with Crippen molar-refractivity contribution in [1.29, 1.82) is 0 Å². The van der Waals surface area contributed by atoms with E-state index < -0.39 is 10.0 Å². The number of rotatable bonds is 4. The van der Waals surface area contributed by atoms with Gasteiger partial charge < -0.3 is 4.74 Å². The highest BCUT2D eigenvalue weighted by atomic mass is 32.2. The second kappa shape index (κ2) is 4.94. The first-order valence-electron chi connectivity index (χ1n) is 5.35. The van der Waals surface area contributed by atoms with Crippen molar-refractivity contribution in [2.75, 3.05) is 0 Å². The molecule has 0 radical (unpaired) electrons. The predicted molar refractivity (Wildman–Crippen MR) is 65.7 cm³/mol. The maximum Gasteiger partial charge on any atom is 0.238 e. The van der Waals surface area contributed by atoms with E-state index in [-0.39, 0.29) is 11.5 Å². The molecule has 8 nitrogen and oxygen atoms in total. The summed E-state index contributed by atoms with van der Waals surface area (Å²) in [5.74, 6) is 0.984.